The molecule has 3 N–H and O–H groups in total. The third-order valence-corrected chi connectivity index (χ3v) is 4.48. The number of aromatic nitrogens is 1. The van der Waals surface area contributed by atoms with E-state index in [-0.39, 0.29) is 34.1 Å². The number of carboxylic acids is 1. The molecule has 0 atom stereocenters. The van der Waals surface area contributed by atoms with Crippen molar-refractivity contribution in [3.63, 3.8) is 0 Å². The van der Waals surface area contributed by atoms with E-state index in [1.54, 1.807) is 4.57 Å². The largest absolute Gasteiger partial charge is 0.477 e. The molecule has 3 rings (SSSR count). The highest BCUT2D eigenvalue weighted by Crippen LogP contribution is 2.38. The van der Waals surface area contributed by atoms with Crippen molar-refractivity contribution < 1.29 is 19.1 Å². The summed E-state index contributed by atoms with van der Waals surface area (Å²) in [6.07, 6.45) is 3.13. The highest BCUT2D eigenvalue weighted by molar-refractivity contribution is 5.95. The summed E-state index contributed by atoms with van der Waals surface area (Å²) < 4.78 is 16.5. The third-order valence-electron chi connectivity index (χ3n) is 4.48. The second kappa shape index (κ2) is 6.78. The number of pyridine rings is 1. The van der Waals surface area contributed by atoms with Gasteiger partial charge in [-0.3, -0.25) is 9.59 Å². The van der Waals surface area contributed by atoms with Crippen molar-refractivity contribution in [2.24, 2.45) is 0 Å². The van der Waals surface area contributed by atoms with Crippen LogP contribution in [0.1, 0.15) is 41.7 Å². The molecule has 26 heavy (non-hydrogen) atoms. The Morgan fingerprint density at radius 1 is 1.35 bits per heavy atom. The molecule has 2 aromatic rings. The molecule has 0 saturated heterocycles. The molecule has 0 spiro atoms. The van der Waals surface area contributed by atoms with Crippen LogP contribution in [0.25, 0.3) is 10.9 Å². The van der Waals surface area contributed by atoms with Gasteiger partial charge in [0.25, 0.3) is 0 Å². The maximum Gasteiger partial charge on any atom is 0.341 e. The van der Waals surface area contributed by atoms with Gasteiger partial charge in [-0.2, -0.15) is 0 Å². The Bertz CT molecular complexity index is 963. The number of carboxylic acid groups (broad SMARTS) is 1. The van der Waals surface area contributed by atoms with Crippen LogP contribution >= 0.6 is 0 Å². The van der Waals surface area contributed by atoms with Crippen LogP contribution < -0.4 is 16.1 Å². The number of halogens is 1. The van der Waals surface area contributed by atoms with Gasteiger partial charge in [-0.25, -0.2) is 9.18 Å². The second-order valence-corrected chi connectivity index (χ2v) is 6.48. The van der Waals surface area contributed by atoms with Gasteiger partial charge in [-0.05, 0) is 25.8 Å². The van der Waals surface area contributed by atoms with Crippen molar-refractivity contribution in [1.29, 1.82) is 0 Å². The summed E-state index contributed by atoms with van der Waals surface area (Å²) in [5.41, 5.74) is -0.170. The van der Waals surface area contributed by atoms with Crippen molar-refractivity contribution in [2.75, 3.05) is 18.4 Å². The van der Waals surface area contributed by atoms with Crippen LogP contribution in [0.5, 0.6) is 0 Å². The third kappa shape index (κ3) is 3.26. The Morgan fingerprint density at radius 3 is 2.62 bits per heavy atom. The van der Waals surface area contributed by atoms with Crippen molar-refractivity contribution >= 4 is 28.5 Å². The number of aryl methyl sites for hydroxylation is 1. The molecule has 0 unspecified atom stereocenters. The smallest absolute Gasteiger partial charge is 0.341 e. The number of benzene rings is 1. The molecule has 1 fully saturated rings. The number of carbonyl (C=O) groups excluding carboxylic acids is 1. The Labute approximate surface area is 148 Å². The number of nitrogens with one attached hydrogen (secondary N) is 2. The lowest BCUT2D eigenvalue weighted by Gasteiger charge is -2.16. The van der Waals surface area contributed by atoms with Crippen molar-refractivity contribution in [3.05, 3.63) is 39.4 Å². The molecule has 0 aliphatic heterocycles. The Hall–Kier alpha value is -2.90. The summed E-state index contributed by atoms with van der Waals surface area (Å²) in [7, 11) is 0. The predicted molar refractivity (Wildman–Crippen MR) is 95.3 cm³/mol. The Balaban J connectivity index is 2.10. The van der Waals surface area contributed by atoms with Crippen molar-refractivity contribution in [3.8, 4) is 0 Å². The van der Waals surface area contributed by atoms with Crippen LogP contribution in [0.15, 0.2) is 17.1 Å². The number of fused-ring (bicyclic) bond motifs is 1. The van der Waals surface area contributed by atoms with E-state index in [1.165, 1.54) is 26.1 Å². The summed E-state index contributed by atoms with van der Waals surface area (Å²) >= 11 is 0. The molecule has 1 aromatic heterocycles. The normalized spacial score (nSPS) is 13.7. The van der Waals surface area contributed by atoms with Gasteiger partial charge in [-0.15, -0.1) is 0 Å². The van der Waals surface area contributed by atoms with E-state index in [9.17, 15) is 23.9 Å². The van der Waals surface area contributed by atoms with Crippen LogP contribution in [0, 0.1) is 12.7 Å². The van der Waals surface area contributed by atoms with Gasteiger partial charge in [0, 0.05) is 37.8 Å². The lowest BCUT2D eigenvalue weighted by molar-refractivity contribution is -0.118. The first-order valence-corrected chi connectivity index (χ1v) is 8.40. The standard InChI is InChI=1S/C18H20FN3O4/c1-9-15-14(7-13(16(9)19)21-6-5-20-10(2)23)22(11-3-4-11)8-12(17(15)24)18(25)26/h7-8,11,21H,3-6H2,1-2H3,(H,20,23)(H,25,26). The quantitative estimate of drug-likeness (QED) is 0.684. The Kier molecular flexibility index (Phi) is 4.67. The fourth-order valence-electron chi connectivity index (χ4n) is 3.04. The molecule has 7 nitrogen and oxygen atoms in total. The van der Waals surface area contributed by atoms with E-state index in [0.717, 1.165) is 12.8 Å². The summed E-state index contributed by atoms with van der Waals surface area (Å²) in [6.45, 7) is 3.53. The van der Waals surface area contributed by atoms with Crippen LogP contribution in [0.2, 0.25) is 0 Å². The van der Waals surface area contributed by atoms with E-state index < -0.39 is 17.2 Å². The van der Waals surface area contributed by atoms with E-state index in [1.807, 2.05) is 0 Å². The lowest BCUT2D eigenvalue weighted by Crippen LogP contribution is -2.26. The molecule has 0 bridgehead atoms. The minimum Gasteiger partial charge on any atom is -0.477 e. The number of hydrogen-bond acceptors (Lipinski definition) is 4. The second-order valence-electron chi connectivity index (χ2n) is 6.48. The molecule has 1 aliphatic rings. The molecule has 1 heterocycles. The summed E-state index contributed by atoms with van der Waals surface area (Å²) in [5, 5.41) is 14.9. The first-order chi connectivity index (χ1) is 12.3. The van der Waals surface area contributed by atoms with E-state index in [2.05, 4.69) is 10.6 Å². The number of anilines is 1. The van der Waals surface area contributed by atoms with Crippen molar-refractivity contribution in [2.45, 2.75) is 32.7 Å². The maximum absolute atomic E-state index is 14.7. The number of nitrogens with zero attached hydrogens (tertiary/aromatic N) is 1. The molecule has 1 saturated carbocycles. The minimum atomic E-state index is -1.32. The number of rotatable bonds is 6. The predicted octanol–water partition coefficient (Wildman–Crippen LogP) is 2.03. The van der Waals surface area contributed by atoms with Gasteiger partial charge < -0.3 is 20.3 Å². The molecule has 138 valence electrons. The zero-order valence-electron chi connectivity index (χ0n) is 14.6. The van der Waals surface area contributed by atoms with Gasteiger partial charge in [0.1, 0.15) is 11.4 Å². The molecule has 8 heteroatoms. The average molecular weight is 361 g/mol. The highest BCUT2D eigenvalue weighted by Gasteiger charge is 2.28. The van der Waals surface area contributed by atoms with E-state index in [4.69, 9.17) is 0 Å². The van der Waals surface area contributed by atoms with Gasteiger partial charge in [0.2, 0.25) is 11.3 Å². The van der Waals surface area contributed by atoms with Crippen LogP contribution in [-0.2, 0) is 4.79 Å². The fraction of sp³-hybridized carbons (Fsp3) is 0.389. The highest BCUT2D eigenvalue weighted by atomic mass is 19.1. The molecule has 1 aromatic carbocycles. The number of aromatic carboxylic acids is 1. The zero-order chi connectivity index (χ0) is 19.0. The zero-order valence-corrected chi connectivity index (χ0v) is 14.6. The Morgan fingerprint density at radius 2 is 2.04 bits per heavy atom. The number of carbonyl (C=O) groups is 2. The maximum atomic E-state index is 14.7. The molecule has 1 aliphatic carbocycles. The summed E-state index contributed by atoms with van der Waals surface area (Å²) in [6, 6.07) is 1.66. The monoisotopic (exact) mass is 361 g/mol. The average Bonchev–Trinajstić information content (AvgIpc) is 3.40. The number of amides is 1. The molecular formula is C18H20FN3O4. The lowest BCUT2D eigenvalue weighted by atomic mass is 10.0. The first kappa shape index (κ1) is 17.9. The number of hydrogen-bond donors (Lipinski definition) is 3. The van der Waals surface area contributed by atoms with Gasteiger partial charge in [0.15, 0.2) is 0 Å². The van der Waals surface area contributed by atoms with Crippen LogP contribution in [0.4, 0.5) is 10.1 Å². The first-order valence-electron chi connectivity index (χ1n) is 8.40. The van der Waals surface area contributed by atoms with Gasteiger partial charge in [0.05, 0.1) is 16.6 Å². The molecular weight excluding hydrogens is 341 g/mol. The fourth-order valence-corrected chi connectivity index (χ4v) is 3.04. The van der Waals surface area contributed by atoms with Crippen LogP contribution in [-0.4, -0.2) is 34.6 Å². The minimum absolute atomic E-state index is 0.0988. The van der Waals surface area contributed by atoms with Gasteiger partial charge in [-0.1, -0.05) is 0 Å². The van der Waals surface area contributed by atoms with Gasteiger partial charge >= 0.3 is 5.97 Å². The topological polar surface area (TPSA) is 100 Å². The van der Waals surface area contributed by atoms with E-state index in [0.29, 0.717) is 18.6 Å². The SMILES string of the molecule is CC(=O)NCCNc1cc2c(c(C)c1F)c(=O)c(C(=O)O)cn2C1CC1. The van der Waals surface area contributed by atoms with E-state index >= 15 is 0 Å². The molecule has 0 radical (unpaired) electrons. The summed E-state index contributed by atoms with van der Waals surface area (Å²) in [4.78, 5) is 34.9. The van der Waals surface area contributed by atoms with Crippen LogP contribution in [0.3, 0.4) is 0 Å². The summed E-state index contributed by atoms with van der Waals surface area (Å²) in [5.74, 6) is -2.09. The molecule has 1 amide bonds. The van der Waals surface area contributed by atoms with Crippen molar-refractivity contribution in [1.82, 2.24) is 9.88 Å².